The SMILES string of the molecule is O=C1CNC(=O)N1CCN1CC2CCCCC21c1ccccc1. The average Bonchev–Trinajstić information content (AvgIpc) is 2.88. The second-order valence-electron chi connectivity index (χ2n) is 6.88. The molecule has 0 aromatic heterocycles. The van der Waals surface area contributed by atoms with Gasteiger partial charge in [0.05, 0.1) is 12.1 Å². The predicted octanol–water partition coefficient (Wildman–Crippen LogP) is 1.94. The Bertz CT molecular complexity index is 602. The van der Waals surface area contributed by atoms with Crippen molar-refractivity contribution in [3.8, 4) is 0 Å². The Kier molecular flexibility index (Phi) is 3.60. The fourth-order valence-electron chi connectivity index (χ4n) is 4.69. The molecule has 23 heavy (non-hydrogen) atoms. The Morgan fingerprint density at radius 3 is 2.65 bits per heavy atom. The first kappa shape index (κ1) is 14.7. The van der Waals surface area contributed by atoms with E-state index in [-0.39, 0.29) is 24.0 Å². The van der Waals surface area contributed by atoms with Gasteiger partial charge in [-0.15, -0.1) is 0 Å². The molecule has 1 aromatic rings. The van der Waals surface area contributed by atoms with Gasteiger partial charge in [-0.05, 0) is 24.3 Å². The van der Waals surface area contributed by atoms with Crippen LogP contribution in [-0.4, -0.2) is 47.9 Å². The maximum Gasteiger partial charge on any atom is 0.324 e. The van der Waals surface area contributed by atoms with Crippen molar-refractivity contribution < 1.29 is 9.59 Å². The molecule has 1 aromatic carbocycles. The number of carbonyl (C=O) groups excluding carboxylic acids is 2. The smallest absolute Gasteiger partial charge is 0.324 e. The number of likely N-dealkylation sites (tertiary alicyclic amines) is 1. The van der Waals surface area contributed by atoms with E-state index in [1.54, 1.807) is 0 Å². The third-order valence-electron chi connectivity index (χ3n) is 5.85. The number of imide groups is 1. The van der Waals surface area contributed by atoms with Crippen molar-refractivity contribution in [2.75, 3.05) is 26.2 Å². The Balaban J connectivity index is 1.52. The molecule has 2 saturated heterocycles. The number of hydrogen-bond donors (Lipinski definition) is 1. The highest BCUT2D eigenvalue weighted by molar-refractivity contribution is 6.01. The molecule has 3 fully saturated rings. The van der Waals surface area contributed by atoms with E-state index in [9.17, 15) is 9.59 Å². The summed E-state index contributed by atoms with van der Waals surface area (Å²) < 4.78 is 0. The number of benzene rings is 1. The van der Waals surface area contributed by atoms with Crippen molar-refractivity contribution in [1.82, 2.24) is 15.1 Å². The van der Waals surface area contributed by atoms with Crippen LogP contribution in [0, 0.1) is 5.92 Å². The number of carbonyl (C=O) groups is 2. The zero-order chi connectivity index (χ0) is 15.9. The van der Waals surface area contributed by atoms with Crippen LogP contribution in [0.25, 0.3) is 0 Å². The maximum atomic E-state index is 11.8. The lowest BCUT2D eigenvalue weighted by atomic mass is 9.62. The molecule has 5 nitrogen and oxygen atoms in total. The standard InChI is InChI=1S/C18H23N3O2/c22-16-12-19-17(23)21(16)11-10-20-13-15-8-4-5-9-18(15,20)14-6-2-1-3-7-14/h1-3,6-7,15H,4-5,8-13H2,(H,19,23). The Morgan fingerprint density at radius 2 is 1.96 bits per heavy atom. The van der Waals surface area contributed by atoms with Crippen LogP contribution in [0.2, 0.25) is 0 Å². The van der Waals surface area contributed by atoms with E-state index in [0.29, 0.717) is 12.5 Å². The molecule has 2 atom stereocenters. The average molecular weight is 313 g/mol. The quantitative estimate of drug-likeness (QED) is 0.864. The molecule has 122 valence electrons. The molecular weight excluding hydrogens is 290 g/mol. The molecule has 3 aliphatic rings. The minimum atomic E-state index is -0.246. The summed E-state index contributed by atoms with van der Waals surface area (Å²) in [5.41, 5.74) is 1.52. The van der Waals surface area contributed by atoms with Crippen LogP contribution < -0.4 is 5.32 Å². The predicted molar refractivity (Wildman–Crippen MR) is 86.8 cm³/mol. The van der Waals surface area contributed by atoms with Crippen LogP contribution >= 0.6 is 0 Å². The summed E-state index contributed by atoms with van der Waals surface area (Å²) in [7, 11) is 0. The third kappa shape index (κ3) is 2.26. The van der Waals surface area contributed by atoms with E-state index in [2.05, 4.69) is 40.5 Å². The first-order valence-electron chi connectivity index (χ1n) is 8.60. The van der Waals surface area contributed by atoms with Crippen molar-refractivity contribution in [3.05, 3.63) is 35.9 Å². The highest BCUT2D eigenvalue weighted by Gasteiger charge is 2.54. The molecule has 3 amide bonds. The van der Waals surface area contributed by atoms with Gasteiger partial charge in [-0.25, -0.2) is 4.79 Å². The number of nitrogens with one attached hydrogen (secondary N) is 1. The summed E-state index contributed by atoms with van der Waals surface area (Å²) in [5, 5.41) is 2.60. The van der Waals surface area contributed by atoms with Gasteiger partial charge >= 0.3 is 6.03 Å². The normalized spacial score (nSPS) is 30.8. The van der Waals surface area contributed by atoms with Crippen molar-refractivity contribution >= 4 is 11.9 Å². The molecule has 1 N–H and O–H groups in total. The molecule has 2 unspecified atom stereocenters. The minimum absolute atomic E-state index is 0.107. The van der Waals surface area contributed by atoms with Crippen molar-refractivity contribution in [2.24, 2.45) is 5.92 Å². The van der Waals surface area contributed by atoms with Crippen LogP contribution in [0.15, 0.2) is 30.3 Å². The summed E-state index contributed by atoms with van der Waals surface area (Å²) >= 11 is 0. The van der Waals surface area contributed by atoms with Gasteiger partial charge < -0.3 is 5.32 Å². The summed E-state index contributed by atoms with van der Waals surface area (Å²) in [6.07, 6.45) is 5.04. The molecule has 1 aliphatic carbocycles. The largest absolute Gasteiger partial charge is 0.329 e. The molecule has 0 spiro atoms. The van der Waals surface area contributed by atoms with E-state index in [4.69, 9.17) is 0 Å². The summed E-state index contributed by atoms with van der Waals surface area (Å²) in [5.74, 6) is 0.603. The Labute approximate surface area is 136 Å². The number of rotatable bonds is 4. The van der Waals surface area contributed by atoms with Crippen molar-refractivity contribution in [2.45, 2.75) is 31.2 Å². The van der Waals surface area contributed by atoms with E-state index in [0.717, 1.165) is 13.1 Å². The number of nitrogens with zero attached hydrogens (tertiary/aromatic N) is 2. The molecule has 5 heteroatoms. The minimum Gasteiger partial charge on any atom is -0.329 e. The Morgan fingerprint density at radius 1 is 1.13 bits per heavy atom. The van der Waals surface area contributed by atoms with E-state index >= 15 is 0 Å². The maximum absolute atomic E-state index is 11.8. The fraction of sp³-hybridized carbons (Fsp3) is 0.556. The molecule has 4 rings (SSSR count). The second kappa shape index (κ2) is 5.64. The highest BCUT2D eigenvalue weighted by atomic mass is 16.2. The van der Waals surface area contributed by atoms with Gasteiger partial charge in [-0.2, -0.15) is 0 Å². The first-order chi connectivity index (χ1) is 11.2. The number of urea groups is 1. The monoisotopic (exact) mass is 313 g/mol. The highest BCUT2D eigenvalue weighted by Crippen LogP contribution is 2.53. The molecular formula is C18H23N3O2. The van der Waals surface area contributed by atoms with Crippen LogP contribution in [0.4, 0.5) is 4.79 Å². The van der Waals surface area contributed by atoms with Gasteiger partial charge in [0.2, 0.25) is 5.91 Å². The van der Waals surface area contributed by atoms with E-state index in [1.807, 2.05) is 0 Å². The molecule has 0 bridgehead atoms. The first-order valence-corrected chi connectivity index (χ1v) is 8.60. The van der Waals surface area contributed by atoms with Crippen LogP contribution in [-0.2, 0) is 10.3 Å². The zero-order valence-corrected chi connectivity index (χ0v) is 13.3. The van der Waals surface area contributed by atoms with Gasteiger partial charge in [-0.3, -0.25) is 14.6 Å². The number of amides is 3. The molecule has 0 radical (unpaired) electrons. The Hall–Kier alpha value is -1.88. The van der Waals surface area contributed by atoms with Gasteiger partial charge in [0.25, 0.3) is 0 Å². The molecule has 2 aliphatic heterocycles. The van der Waals surface area contributed by atoms with E-state index < -0.39 is 0 Å². The summed E-state index contributed by atoms with van der Waals surface area (Å²) in [6.45, 7) is 2.49. The topological polar surface area (TPSA) is 52.7 Å². The number of fused-ring (bicyclic) bond motifs is 1. The van der Waals surface area contributed by atoms with Gasteiger partial charge in [0.1, 0.15) is 0 Å². The van der Waals surface area contributed by atoms with Gasteiger partial charge in [0, 0.05) is 19.6 Å². The van der Waals surface area contributed by atoms with Crippen molar-refractivity contribution in [1.29, 1.82) is 0 Å². The van der Waals surface area contributed by atoms with Crippen LogP contribution in [0.5, 0.6) is 0 Å². The van der Waals surface area contributed by atoms with Gasteiger partial charge in [0.15, 0.2) is 0 Å². The number of hydrogen-bond acceptors (Lipinski definition) is 3. The zero-order valence-electron chi connectivity index (χ0n) is 13.3. The summed E-state index contributed by atoms with van der Waals surface area (Å²) in [6, 6.07) is 10.5. The molecule has 1 saturated carbocycles. The van der Waals surface area contributed by atoms with Gasteiger partial charge in [-0.1, -0.05) is 43.2 Å². The lowest BCUT2D eigenvalue weighted by Crippen LogP contribution is -2.66. The van der Waals surface area contributed by atoms with E-state index in [1.165, 1.54) is 36.1 Å². The lowest BCUT2D eigenvalue weighted by Gasteiger charge is -2.62. The van der Waals surface area contributed by atoms with Crippen LogP contribution in [0.3, 0.4) is 0 Å². The summed E-state index contributed by atoms with van der Waals surface area (Å²) in [4.78, 5) is 27.3. The fourth-order valence-corrected chi connectivity index (χ4v) is 4.69. The third-order valence-corrected chi connectivity index (χ3v) is 5.85. The molecule has 2 heterocycles. The van der Waals surface area contributed by atoms with Crippen molar-refractivity contribution in [3.63, 3.8) is 0 Å². The van der Waals surface area contributed by atoms with Crippen LogP contribution in [0.1, 0.15) is 31.2 Å². The lowest BCUT2D eigenvalue weighted by molar-refractivity contribution is -0.130. The second-order valence-corrected chi connectivity index (χ2v) is 6.88.